The van der Waals surface area contributed by atoms with E-state index < -0.39 is 37.6 Å². The van der Waals surface area contributed by atoms with Crippen LogP contribution in [0.3, 0.4) is 0 Å². The molecule has 0 radical (unpaired) electrons. The van der Waals surface area contributed by atoms with Crippen LogP contribution in [-0.4, -0.2) is 42.8 Å². The minimum atomic E-state index is -3.22. The van der Waals surface area contributed by atoms with Gasteiger partial charge >= 0.3 is 6.09 Å². The van der Waals surface area contributed by atoms with Crippen molar-refractivity contribution in [3.8, 4) is 0 Å². The summed E-state index contributed by atoms with van der Waals surface area (Å²) in [5.74, 6) is -0.478. The molecule has 1 aromatic rings. The lowest BCUT2D eigenvalue weighted by Gasteiger charge is -2.57. The van der Waals surface area contributed by atoms with Crippen LogP contribution in [0.5, 0.6) is 0 Å². The molecule has 154 valence electrons. The third kappa shape index (κ3) is 2.75. The molecule has 1 saturated heterocycles. The SMILES string of the molecule is CC1(C)C(NC(=O)O)=N[C@](C)(c2nc(Br)ccc2F)[C@@H]2CC3(CC3)CN[SH]21=O. The monoisotopic (exact) mass is 474 g/mol. The van der Waals surface area contributed by atoms with Crippen molar-refractivity contribution in [3.05, 3.63) is 28.2 Å². The minimum absolute atomic E-state index is 0.0612. The number of thiol groups is 1. The molecule has 3 aliphatic rings. The molecular formula is C18H24BrFN4O3S. The third-order valence-electron chi connectivity index (χ3n) is 6.63. The molecule has 2 fully saturated rings. The molecular weight excluding hydrogens is 451 g/mol. The number of hydrogen-bond acceptors (Lipinski definition) is 4. The van der Waals surface area contributed by atoms with Crippen LogP contribution < -0.4 is 10.0 Å². The molecule has 3 N–H and O–H groups in total. The zero-order chi connectivity index (χ0) is 20.5. The fourth-order valence-electron chi connectivity index (χ4n) is 4.57. The number of fused-ring (bicyclic) bond motifs is 1. The number of carbonyl (C=O) groups is 1. The summed E-state index contributed by atoms with van der Waals surface area (Å²) in [7, 11) is -3.22. The minimum Gasteiger partial charge on any atom is -0.465 e. The fraction of sp³-hybridized carbons (Fsp3) is 0.611. The van der Waals surface area contributed by atoms with Gasteiger partial charge in [-0.05, 0) is 83.6 Å². The Kier molecular flexibility index (Phi) is 4.31. The largest absolute Gasteiger partial charge is 0.465 e. The molecule has 0 aromatic carbocycles. The van der Waals surface area contributed by atoms with Gasteiger partial charge < -0.3 is 5.11 Å². The molecule has 1 amide bonds. The third-order valence-corrected chi connectivity index (χ3v) is 11.1. The van der Waals surface area contributed by atoms with E-state index >= 15 is 0 Å². The Morgan fingerprint density at radius 1 is 1.39 bits per heavy atom. The van der Waals surface area contributed by atoms with E-state index in [0.717, 1.165) is 12.8 Å². The summed E-state index contributed by atoms with van der Waals surface area (Å²) in [4.78, 5) is 20.4. The number of pyridine rings is 1. The highest BCUT2D eigenvalue weighted by atomic mass is 79.9. The van der Waals surface area contributed by atoms with Crippen LogP contribution in [0, 0.1) is 11.2 Å². The van der Waals surface area contributed by atoms with Gasteiger partial charge in [0, 0.05) is 6.54 Å². The van der Waals surface area contributed by atoms with E-state index in [-0.39, 0.29) is 16.9 Å². The average Bonchev–Trinajstić information content (AvgIpc) is 3.36. The van der Waals surface area contributed by atoms with E-state index in [1.165, 1.54) is 12.1 Å². The number of amidine groups is 1. The molecule has 0 bridgehead atoms. The number of aliphatic imine (C=N–C) groups is 1. The van der Waals surface area contributed by atoms with Crippen LogP contribution in [0.25, 0.3) is 0 Å². The number of halogens is 2. The van der Waals surface area contributed by atoms with Gasteiger partial charge in [-0.3, -0.25) is 19.2 Å². The number of hydrogen-bond donors (Lipinski definition) is 4. The summed E-state index contributed by atoms with van der Waals surface area (Å²) in [6.07, 6.45) is 1.42. The van der Waals surface area contributed by atoms with E-state index in [0.29, 0.717) is 17.6 Å². The summed E-state index contributed by atoms with van der Waals surface area (Å²) >= 11 is 3.28. The maximum Gasteiger partial charge on any atom is 0.410 e. The van der Waals surface area contributed by atoms with Crippen molar-refractivity contribution in [1.29, 1.82) is 0 Å². The lowest BCUT2D eigenvalue weighted by Crippen LogP contribution is -2.71. The van der Waals surface area contributed by atoms with Gasteiger partial charge in [0.05, 0.1) is 10.00 Å². The van der Waals surface area contributed by atoms with Gasteiger partial charge in [-0.1, -0.05) is 0 Å². The maximum absolute atomic E-state index is 14.9. The van der Waals surface area contributed by atoms with Gasteiger partial charge in [-0.25, -0.2) is 14.2 Å². The van der Waals surface area contributed by atoms with Gasteiger partial charge in [-0.2, -0.15) is 0 Å². The number of nitrogens with one attached hydrogen (secondary N) is 2. The molecule has 0 unspecified atom stereocenters. The summed E-state index contributed by atoms with van der Waals surface area (Å²) in [5.41, 5.74) is -1.13. The second kappa shape index (κ2) is 6.06. The second-order valence-corrected chi connectivity index (χ2v) is 13.0. The Morgan fingerprint density at radius 2 is 2.07 bits per heavy atom. The second-order valence-electron chi connectivity index (χ2n) is 8.77. The van der Waals surface area contributed by atoms with Gasteiger partial charge in [-0.15, -0.1) is 0 Å². The van der Waals surface area contributed by atoms with E-state index in [4.69, 9.17) is 4.99 Å². The van der Waals surface area contributed by atoms with Crippen molar-refractivity contribution in [1.82, 2.24) is 15.0 Å². The Morgan fingerprint density at radius 3 is 2.68 bits per heavy atom. The summed E-state index contributed by atoms with van der Waals surface area (Å²) in [6, 6.07) is 2.79. The van der Waals surface area contributed by atoms with E-state index in [1.54, 1.807) is 20.8 Å². The summed E-state index contributed by atoms with van der Waals surface area (Å²) in [6.45, 7) is 5.80. The predicted octanol–water partition coefficient (Wildman–Crippen LogP) is 2.73. The molecule has 7 nitrogen and oxygen atoms in total. The first-order chi connectivity index (χ1) is 12.9. The highest BCUT2D eigenvalue weighted by Gasteiger charge is 2.63. The molecule has 2 aliphatic heterocycles. The molecule has 3 heterocycles. The van der Waals surface area contributed by atoms with Crippen molar-refractivity contribution in [2.75, 3.05) is 6.54 Å². The quantitative estimate of drug-likeness (QED) is 0.371. The van der Waals surface area contributed by atoms with Crippen molar-refractivity contribution in [3.63, 3.8) is 0 Å². The molecule has 4 rings (SSSR count). The lowest BCUT2D eigenvalue weighted by molar-refractivity contribution is 0.199. The molecule has 1 saturated carbocycles. The smallest absolute Gasteiger partial charge is 0.410 e. The predicted molar refractivity (Wildman–Crippen MR) is 110 cm³/mol. The first-order valence-electron chi connectivity index (χ1n) is 9.21. The Labute approximate surface area is 172 Å². The first-order valence-corrected chi connectivity index (χ1v) is 11.8. The lowest BCUT2D eigenvalue weighted by atomic mass is 9.84. The molecule has 2 atom stereocenters. The molecule has 28 heavy (non-hydrogen) atoms. The average molecular weight is 475 g/mol. The normalized spacial score (nSPS) is 32.8. The molecule has 1 aromatic heterocycles. The van der Waals surface area contributed by atoms with E-state index in [1.807, 2.05) is 0 Å². The van der Waals surface area contributed by atoms with Gasteiger partial charge in [0.15, 0.2) is 0 Å². The highest BCUT2D eigenvalue weighted by molar-refractivity contribution is 9.10. The van der Waals surface area contributed by atoms with Crippen molar-refractivity contribution in [2.45, 2.75) is 55.6 Å². The number of rotatable bonds is 1. The van der Waals surface area contributed by atoms with Crippen LogP contribution in [0.2, 0.25) is 0 Å². The van der Waals surface area contributed by atoms with Crippen LogP contribution in [0.4, 0.5) is 9.18 Å². The number of carboxylic acid groups (broad SMARTS) is 1. The van der Waals surface area contributed by atoms with Crippen LogP contribution in [0.15, 0.2) is 21.7 Å². The first kappa shape index (κ1) is 19.9. The number of aromatic nitrogens is 1. The number of nitrogens with zero attached hydrogens (tertiary/aromatic N) is 2. The van der Waals surface area contributed by atoms with Crippen molar-refractivity contribution >= 4 is 38.0 Å². The Balaban J connectivity index is 1.97. The van der Waals surface area contributed by atoms with Crippen LogP contribution >= 0.6 is 15.9 Å². The summed E-state index contributed by atoms with van der Waals surface area (Å²) in [5, 5.41) is 11.1. The van der Waals surface area contributed by atoms with Gasteiger partial charge in [0.25, 0.3) is 0 Å². The standard InChI is InChI=1S/C18H24BrFN4O3S/c1-16(2)14(23-15(25)26)24-17(3,13-10(20)4-5-12(19)22-13)11-8-18(6-7-18)9-21-28(11,16)27/h4-5,11,28H,6-9H2,1-3H3,(H,21,27)(H,23,24)(H,25,26)/t11-,17-/m0/s1. The molecule has 1 aliphatic carbocycles. The zero-order valence-electron chi connectivity index (χ0n) is 15.9. The van der Waals surface area contributed by atoms with Crippen molar-refractivity contribution in [2.24, 2.45) is 10.4 Å². The van der Waals surface area contributed by atoms with E-state index in [9.17, 15) is 18.5 Å². The van der Waals surface area contributed by atoms with Crippen molar-refractivity contribution < 1.29 is 18.5 Å². The van der Waals surface area contributed by atoms with Gasteiger partial charge in [0.1, 0.15) is 27.5 Å². The fourth-order valence-corrected chi connectivity index (χ4v) is 8.80. The maximum atomic E-state index is 14.9. The van der Waals surface area contributed by atoms with Gasteiger partial charge in [0.2, 0.25) is 0 Å². The van der Waals surface area contributed by atoms with Crippen LogP contribution in [0.1, 0.15) is 45.7 Å². The van der Waals surface area contributed by atoms with E-state index in [2.05, 4.69) is 31.0 Å². The number of amides is 1. The zero-order valence-corrected chi connectivity index (χ0v) is 18.4. The van der Waals surface area contributed by atoms with Crippen LogP contribution in [-0.2, 0) is 15.7 Å². The summed E-state index contributed by atoms with van der Waals surface area (Å²) < 4.78 is 31.9. The Hall–Kier alpha value is -1.39. The Bertz CT molecular complexity index is 949. The highest BCUT2D eigenvalue weighted by Crippen LogP contribution is 2.59. The molecule has 10 heteroatoms. The topological polar surface area (TPSA) is 104 Å². The molecule has 1 spiro atoms.